The number of benzene rings is 1. The number of thiocarbonyl (C=S) groups is 1. The summed E-state index contributed by atoms with van der Waals surface area (Å²) in [6.45, 7) is 7.27. The average Bonchev–Trinajstić information content (AvgIpc) is 2.27. The summed E-state index contributed by atoms with van der Waals surface area (Å²) in [4.78, 5) is 3.07. The highest BCUT2D eigenvalue weighted by molar-refractivity contribution is 7.80. The molecule has 0 spiro atoms. The van der Waals surface area contributed by atoms with Crippen LogP contribution in [-0.4, -0.2) is 27.6 Å². The first-order valence-electron chi connectivity index (χ1n) is 6.55. The SMILES string of the molecule is CC(C)(C)C(=S)N1CC[C@@H]1[C@H](O)c1ccc(Cl)cc1. The van der Waals surface area contributed by atoms with Gasteiger partial charge in [0.2, 0.25) is 0 Å². The Morgan fingerprint density at radius 1 is 1.37 bits per heavy atom. The Hall–Kier alpha value is -0.640. The summed E-state index contributed by atoms with van der Waals surface area (Å²) in [5, 5.41) is 11.2. The summed E-state index contributed by atoms with van der Waals surface area (Å²) in [5.74, 6) is 0. The Labute approximate surface area is 125 Å². The topological polar surface area (TPSA) is 23.5 Å². The van der Waals surface area contributed by atoms with Crippen LogP contribution >= 0.6 is 23.8 Å². The van der Waals surface area contributed by atoms with Crippen molar-refractivity contribution in [3.63, 3.8) is 0 Å². The van der Waals surface area contributed by atoms with Gasteiger partial charge >= 0.3 is 0 Å². The van der Waals surface area contributed by atoms with Crippen molar-refractivity contribution in [3.8, 4) is 0 Å². The van der Waals surface area contributed by atoms with Crippen molar-refractivity contribution in [2.45, 2.75) is 39.3 Å². The van der Waals surface area contributed by atoms with Crippen LogP contribution in [0.2, 0.25) is 5.02 Å². The molecule has 2 atom stereocenters. The number of halogens is 1. The van der Waals surface area contributed by atoms with Gasteiger partial charge in [-0.05, 0) is 24.1 Å². The van der Waals surface area contributed by atoms with Crippen molar-refractivity contribution in [2.24, 2.45) is 5.41 Å². The summed E-state index contributed by atoms with van der Waals surface area (Å²) in [6, 6.07) is 7.47. The molecule has 1 saturated heterocycles. The summed E-state index contributed by atoms with van der Waals surface area (Å²) in [6.07, 6.45) is 0.464. The number of likely N-dealkylation sites (tertiary alicyclic amines) is 1. The second-order valence-corrected chi connectivity index (χ2v) is 6.92. The van der Waals surface area contributed by atoms with Gasteiger partial charge in [-0.1, -0.05) is 56.7 Å². The molecule has 0 radical (unpaired) electrons. The molecule has 1 aliphatic rings. The molecule has 1 aromatic rings. The van der Waals surface area contributed by atoms with Gasteiger partial charge in [0.05, 0.1) is 17.1 Å². The van der Waals surface area contributed by atoms with Crippen LogP contribution in [0.1, 0.15) is 38.9 Å². The minimum absolute atomic E-state index is 0.0340. The Kier molecular flexibility index (Phi) is 4.19. The number of rotatable bonds is 2. The van der Waals surface area contributed by atoms with Gasteiger partial charge in [0, 0.05) is 17.0 Å². The van der Waals surface area contributed by atoms with Gasteiger partial charge in [-0.2, -0.15) is 0 Å². The molecule has 4 heteroatoms. The number of aliphatic hydroxyl groups is 1. The molecule has 0 bridgehead atoms. The van der Waals surface area contributed by atoms with Crippen LogP contribution in [0.4, 0.5) is 0 Å². The van der Waals surface area contributed by atoms with E-state index in [0.29, 0.717) is 5.02 Å². The second-order valence-electron chi connectivity index (χ2n) is 6.10. The van der Waals surface area contributed by atoms with Gasteiger partial charge in [-0.15, -0.1) is 0 Å². The maximum atomic E-state index is 10.5. The number of nitrogens with zero attached hydrogens (tertiary/aromatic N) is 1. The lowest BCUT2D eigenvalue weighted by Gasteiger charge is -2.48. The zero-order valence-corrected chi connectivity index (χ0v) is 13.1. The molecule has 1 N–H and O–H groups in total. The van der Waals surface area contributed by atoms with E-state index in [9.17, 15) is 5.11 Å². The van der Waals surface area contributed by atoms with Gasteiger partial charge in [0.1, 0.15) is 0 Å². The molecule has 1 aromatic carbocycles. The van der Waals surface area contributed by atoms with E-state index in [-0.39, 0.29) is 11.5 Å². The van der Waals surface area contributed by atoms with E-state index in [1.807, 2.05) is 24.3 Å². The van der Waals surface area contributed by atoms with Crippen LogP contribution in [0.3, 0.4) is 0 Å². The molecular weight excluding hydrogens is 278 g/mol. The van der Waals surface area contributed by atoms with Crippen molar-refractivity contribution in [3.05, 3.63) is 34.9 Å². The number of aliphatic hydroxyl groups excluding tert-OH is 1. The predicted octanol–water partition coefficient (Wildman–Crippen LogP) is 3.82. The molecule has 1 aliphatic heterocycles. The second kappa shape index (κ2) is 5.39. The lowest BCUT2D eigenvalue weighted by molar-refractivity contribution is 0.0261. The average molecular weight is 298 g/mol. The molecule has 1 fully saturated rings. The molecule has 104 valence electrons. The standard InChI is InChI=1S/C15H20ClNOS/c1-15(2,3)14(19)17-9-8-12(17)13(18)10-4-6-11(16)7-5-10/h4-7,12-13,18H,8-9H2,1-3H3/t12-,13-/m1/s1. The predicted molar refractivity (Wildman–Crippen MR) is 83.6 cm³/mol. The highest BCUT2D eigenvalue weighted by Crippen LogP contribution is 2.34. The van der Waals surface area contributed by atoms with Crippen molar-refractivity contribution in [2.75, 3.05) is 6.54 Å². The quantitative estimate of drug-likeness (QED) is 0.840. The number of hydrogen-bond acceptors (Lipinski definition) is 2. The molecule has 0 saturated carbocycles. The lowest BCUT2D eigenvalue weighted by Crippen LogP contribution is -2.56. The van der Waals surface area contributed by atoms with Gasteiger partial charge < -0.3 is 10.0 Å². The number of hydrogen-bond donors (Lipinski definition) is 1. The van der Waals surface area contributed by atoms with Crippen molar-refractivity contribution in [1.29, 1.82) is 0 Å². The minimum atomic E-state index is -0.508. The first kappa shape index (κ1) is 14.8. The Morgan fingerprint density at radius 3 is 2.37 bits per heavy atom. The summed E-state index contributed by atoms with van der Waals surface area (Å²) in [7, 11) is 0. The third kappa shape index (κ3) is 3.10. The zero-order valence-electron chi connectivity index (χ0n) is 11.6. The van der Waals surface area contributed by atoms with Gasteiger partial charge in [0.15, 0.2) is 0 Å². The van der Waals surface area contributed by atoms with E-state index < -0.39 is 6.10 Å². The summed E-state index contributed by atoms with van der Waals surface area (Å²) >= 11 is 11.4. The van der Waals surface area contributed by atoms with Crippen LogP contribution < -0.4 is 0 Å². The first-order chi connectivity index (χ1) is 8.80. The largest absolute Gasteiger partial charge is 0.386 e. The van der Waals surface area contributed by atoms with E-state index in [1.165, 1.54) is 0 Å². The molecule has 0 unspecified atom stereocenters. The maximum Gasteiger partial charge on any atom is 0.0993 e. The smallest absolute Gasteiger partial charge is 0.0993 e. The third-order valence-corrected chi connectivity index (χ3v) is 4.64. The molecule has 19 heavy (non-hydrogen) atoms. The molecular formula is C15H20ClNOS. The Bertz CT molecular complexity index is 466. The summed E-state index contributed by atoms with van der Waals surface area (Å²) in [5.41, 5.74) is 0.865. The normalized spacial score (nSPS) is 20.9. The van der Waals surface area contributed by atoms with Gasteiger partial charge in [-0.25, -0.2) is 0 Å². The fourth-order valence-electron chi connectivity index (χ4n) is 2.30. The van der Waals surface area contributed by atoms with Crippen molar-refractivity contribution in [1.82, 2.24) is 4.90 Å². The van der Waals surface area contributed by atoms with Crippen LogP contribution in [0, 0.1) is 5.41 Å². The lowest BCUT2D eigenvalue weighted by atomic mass is 9.87. The zero-order chi connectivity index (χ0) is 14.2. The monoisotopic (exact) mass is 297 g/mol. The molecule has 0 amide bonds. The molecule has 0 aromatic heterocycles. The van der Waals surface area contributed by atoms with E-state index in [2.05, 4.69) is 25.7 Å². The van der Waals surface area contributed by atoms with E-state index >= 15 is 0 Å². The van der Waals surface area contributed by atoms with E-state index in [4.69, 9.17) is 23.8 Å². The molecule has 1 heterocycles. The fraction of sp³-hybridized carbons (Fsp3) is 0.533. The highest BCUT2D eigenvalue weighted by Gasteiger charge is 2.39. The van der Waals surface area contributed by atoms with Gasteiger partial charge in [0.25, 0.3) is 0 Å². The van der Waals surface area contributed by atoms with Crippen LogP contribution in [0.25, 0.3) is 0 Å². The van der Waals surface area contributed by atoms with Crippen LogP contribution in [-0.2, 0) is 0 Å². The molecule has 2 rings (SSSR count). The fourth-order valence-corrected chi connectivity index (χ4v) is 2.65. The molecule has 0 aliphatic carbocycles. The Morgan fingerprint density at radius 2 is 1.95 bits per heavy atom. The highest BCUT2D eigenvalue weighted by atomic mass is 35.5. The molecule has 2 nitrogen and oxygen atoms in total. The Balaban J connectivity index is 2.10. The van der Waals surface area contributed by atoms with Gasteiger partial charge in [-0.3, -0.25) is 0 Å². The maximum absolute atomic E-state index is 10.5. The van der Waals surface area contributed by atoms with Crippen LogP contribution in [0.15, 0.2) is 24.3 Å². The van der Waals surface area contributed by atoms with E-state index in [1.54, 1.807) is 0 Å². The van der Waals surface area contributed by atoms with Crippen molar-refractivity contribution < 1.29 is 5.11 Å². The van der Waals surface area contributed by atoms with Crippen LogP contribution in [0.5, 0.6) is 0 Å². The first-order valence-corrected chi connectivity index (χ1v) is 7.34. The van der Waals surface area contributed by atoms with Crippen molar-refractivity contribution >= 4 is 28.8 Å². The van der Waals surface area contributed by atoms with E-state index in [0.717, 1.165) is 23.5 Å². The third-order valence-electron chi connectivity index (χ3n) is 3.54. The minimum Gasteiger partial charge on any atom is -0.386 e. The summed E-state index contributed by atoms with van der Waals surface area (Å²) < 4.78 is 0.